The van der Waals surface area contributed by atoms with Crippen LogP contribution in [-0.4, -0.2) is 31.9 Å². The second-order valence-corrected chi connectivity index (χ2v) is 7.69. The standard InChI is InChI=1S/C21H25N5OS/c1-4-8-19(17-9-6-5-7-10-17)22-20(27)14-28-21-23-24-25-26(21)18-12-11-15(2)16(3)13-18/h5-7,9-13,19H,4,8,14H2,1-3H3,(H,22,27)/t19-/m0/s1. The number of hydrogen-bond acceptors (Lipinski definition) is 5. The van der Waals surface area contributed by atoms with Crippen LogP contribution in [0.15, 0.2) is 53.7 Å². The van der Waals surface area contributed by atoms with Gasteiger partial charge in [-0.2, -0.15) is 4.68 Å². The van der Waals surface area contributed by atoms with Crippen molar-refractivity contribution < 1.29 is 4.79 Å². The molecule has 28 heavy (non-hydrogen) atoms. The molecule has 1 N–H and O–H groups in total. The zero-order valence-electron chi connectivity index (χ0n) is 16.4. The Balaban J connectivity index is 1.65. The first kappa shape index (κ1) is 20.1. The normalized spacial score (nSPS) is 12.0. The van der Waals surface area contributed by atoms with Crippen LogP contribution in [0, 0.1) is 13.8 Å². The molecule has 0 aliphatic rings. The van der Waals surface area contributed by atoms with Crippen LogP contribution in [0.5, 0.6) is 0 Å². The number of amides is 1. The quantitative estimate of drug-likeness (QED) is 0.583. The van der Waals surface area contributed by atoms with E-state index in [1.807, 2.05) is 48.5 Å². The highest BCUT2D eigenvalue weighted by Crippen LogP contribution is 2.22. The average molecular weight is 396 g/mol. The van der Waals surface area contributed by atoms with E-state index in [0.29, 0.717) is 5.16 Å². The van der Waals surface area contributed by atoms with Gasteiger partial charge in [-0.3, -0.25) is 4.79 Å². The summed E-state index contributed by atoms with van der Waals surface area (Å²) < 4.78 is 1.67. The summed E-state index contributed by atoms with van der Waals surface area (Å²) in [5.41, 5.74) is 4.41. The molecule has 0 radical (unpaired) electrons. The van der Waals surface area contributed by atoms with Crippen LogP contribution < -0.4 is 5.32 Å². The van der Waals surface area contributed by atoms with E-state index >= 15 is 0 Å². The van der Waals surface area contributed by atoms with Crippen LogP contribution in [0.25, 0.3) is 5.69 Å². The van der Waals surface area contributed by atoms with Gasteiger partial charge < -0.3 is 5.32 Å². The highest BCUT2D eigenvalue weighted by molar-refractivity contribution is 7.99. The van der Waals surface area contributed by atoms with Crippen molar-refractivity contribution in [3.63, 3.8) is 0 Å². The Labute approximate surface area is 169 Å². The van der Waals surface area contributed by atoms with E-state index in [1.165, 1.54) is 22.9 Å². The van der Waals surface area contributed by atoms with Crippen molar-refractivity contribution >= 4 is 17.7 Å². The van der Waals surface area contributed by atoms with Crippen molar-refractivity contribution in [1.82, 2.24) is 25.5 Å². The van der Waals surface area contributed by atoms with E-state index in [0.717, 1.165) is 24.1 Å². The molecule has 0 aliphatic heterocycles. The van der Waals surface area contributed by atoms with E-state index in [1.54, 1.807) is 4.68 Å². The summed E-state index contributed by atoms with van der Waals surface area (Å²) >= 11 is 1.34. The first-order valence-electron chi connectivity index (χ1n) is 9.41. The van der Waals surface area contributed by atoms with Crippen molar-refractivity contribution in [2.45, 2.75) is 44.8 Å². The molecule has 3 rings (SSSR count). The lowest BCUT2D eigenvalue weighted by molar-refractivity contribution is -0.119. The summed E-state index contributed by atoms with van der Waals surface area (Å²) in [6.07, 6.45) is 1.90. The lowest BCUT2D eigenvalue weighted by Crippen LogP contribution is -2.30. The van der Waals surface area contributed by atoms with Gasteiger partial charge in [0.1, 0.15) is 0 Å². The van der Waals surface area contributed by atoms with Crippen LogP contribution in [0.3, 0.4) is 0 Å². The number of aromatic nitrogens is 4. The number of tetrazole rings is 1. The minimum absolute atomic E-state index is 0.0232. The molecule has 1 amide bonds. The maximum absolute atomic E-state index is 12.5. The van der Waals surface area contributed by atoms with Crippen LogP contribution in [0.4, 0.5) is 0 Å². The highest BCUT2D eigenvalue weighted by atomic mass is 32.2. The molecule has 0 spiro atoms. The average Bonchev–Trinajstić information content (AvgIpc) is 3.17. The molecular weight excluding hydrogens is 370 g/mol. The Morgan fingerprint density at radius 1 is 1.14 bits per heavy atom. The van der Waals surface area contributed by atoms with Gasteiger partial charge in [0.05, 0.1) is 17.5 Å². The summed E-state index contributed by atoms with van der Waals surface area (Å²) in [4.78, 5) is 12.5. The zero-order valence-corrected chi connectivity index (χ0v) is 17.2. The predicted molar refractivity (Wildman–Crippen MR) is 112 cm³/mol. The Kier molecular flexibility index (Phi) is 6.81. The fraction of sp³-hybridized carbons (Fsp3) is 0.333. The molecule has 0 aliphatic carbocycles. The predicted octanol–water partition coefficient (Wildman–Crippen LogP) is 4.03. The third kappa shape index (κ3) is 4.98. The minimum Gasteiger partial charge on any atom is -0.349 e. The number of aryl methyl sites for hydroxylation is 2. The molecule has 2 aromatic carbocycles. The Morgan fingerprint density at radius 3 is 2.64 bits per heavy atom. The monoisotopic (exact) mass is 395 g/mol. The molecule has 0 saturated carbocycles. The van der Waals surface area contributed by atoms with Crippen molar-refractivity contribution in [3.8, 4) is 5.69 Å². The van der Waals surface area contributed by atoms with Crippen molar-refractivity contribution in [1.29, 1.82) is 0 Å². The Bertz CT molecular complexity index is 926. The SMILES string of the molecule is CCC[C@H](NC(=O)CSc1nnnn1-c1ccc(C)c(C)c1)c1ccccc1. The number of nitrogens with one attached hydrogen (secondary N) is 1. The van der Waals surface area contributed by atoms with Gasteiger partial charge in [-0.1, -0.05) is 61.5 Å². The van der Waals surface area contributed by atoms with E-state index in [9.17, 15) is 4.79 Å². The van der Waals surface area contributed by atoms with Crippen LogP contribution in [0.2, 0.25) is 0 Å². The van der Waals surface area contributed by atoms with Gasteiger partial charge >= 0.3 is 0 Å². The summed E-state index contributed by atoms with van der Waals surface area (Å²) in [5, 5.41) is 15.7. The molecule has 7 heteroatoms. The second-order valence-electron chi connectivity index (χ2n) is 6.75. The number of hydrogen-bond donors (Lipinski definition) is 1. The molecule has 0 unspecified atom stereocenters. The lowest BCUT2D eigenvalue weighted by Gasteiger charge is -2.18. The van der Waals surface area contributed by atoms with E-state index in [4.69, 9.17) is 0 Å². The number of thioether (sulfide) groups is 1. The van der Waals surface area contributed by atoms with Crippen molar-refractivity contribution in [3.05, 3.63) is 65.2 Å². The molecule has 0 fully saturated rings. The van der Waals surface area contributed by atoms with Gasteiger partial charge in [0, 0.05) is 0 Å². The van der Waals surface area contributed by atoms with Crippen LogP contribution in [-0.2, 0) is 4.79 Å². The van der Waals surface area contributed by atoms with E-state index in [-0.39, 0.29) is 17.7 Å². The topological polar surface area (TPSA) is 72.7 Å². The van der Waals surface area contributed by atoms with Crippen LogP contribution in [0.1, 0.15) is 42.5 Å². The number of rotatable bonds is 8. The van der Waals surface area contributed by atoms with Gasteiger partial charge in [-0.15, -0.1) is 5.10 Å². The maximum Gasteiger partial charge on any atom is 0.230 e. The van der Waals surface area contributed by atoms with Gasteiger partial charge in [0.25, 0.3) is 0 Å². The van der Waals surface area contributed by atoms with Crippen molar-refractivity contribution in [2.75, 3.05) is 5.75 Å². The highest BCUT2D eigenvalue weighted by Gasteiger charge is 2.16. The summed E-state index contributed by atoms with van der Waals surface area (Å²) in [6, 6.07) is 16.2. The third-order valence-corrected chi connectivity index (χ3v) is 5.54. The molecule has 6 nitrogen and oxygen atoms in total. The fourth-order valence-electron chi connectivity index (χ4n) is 2.95. The molecule has 0 saturated heterocycles. The second kappa shape index (κ2) is 9.50. The third-order valence-electron chi connectivity index (χ3n) is 4.62. The Hall–Kier alpha value is -2.67. The smallest absolute Gasteiger partial charge is 0.230 e. The first-order chi connectivity index (χ1) is 13.6. The first-order valence-corrected chi connectivity index (χ1v) is 10.4. The molecule has 0 bridgehead atoms. The lowest BCUT2D eigenvalue weighted by atomic mass is 10.0. The molecule has 1 aromatic heterocycles. The summed E-state index contributed by atoms with van der Waals surface area (Å²) in [6.45, 7) is 6.24. The fourth-order valence-corrected chi connectivity index (χ4v) is 3.65. The molecule has 146 valence electrons. The van der Waals surface area contributed by atoms with Gasteiger partial charge in [0.15, 0.2) is 0 Å². The molecular formula is C21H25N5OS. The van der Waals surface area contributed by atoms with Gasteiger partial charge in [0.2, 0.25) is 11.1 Å². The number of carbonyl (C=O) groups is 1. The Morgan fingerprint density at radius 2 is 1.93 bits per heavy atom. The summed E-state index contributed by atoms with van der Waals surface area (Å²) in [7, 11) is 0. The van der Waals surface area contributed by atoms with Crippen LogP contribution >= 0.6 is 11.8 Å². The maximum atomic E-state index is 12.5. The molecule has 3 aromatic rings. The van der Waals surface area contributed by atoms with E-state index in [2.05, 4.69) is 41.6 Å². The van der Waals surface area contributed by atoms with Crippen molar-refractivity contribution in [2.24, 2.45) is 0 Å². The number of nitrogens with zero attached hydrogens (tertiary/aromatic N) is 4. The summed E-state index contributed by atoms with van der Waals surface area (Å²) in [5.74, 6) is 0.236. The number of carbonyl (C=O) groups excluding carboxylic acids is 1. The number of benzene rings is 2. The molecule has 1 heterocycles. The van der Waals surface area contributed by atoms with Gasteiger partial charge in [-0.05, 0) is 59.5 Å². The minimum atomic E-state index is -0.0260. The zero-order chi connectivity index (χ0) is 19.9. The largest absolute Gasteiger partial charge is 0.349 e. The molecule has 1 atom stereocenters. The van der Waals surface area contributed by atoms with Gasteiger partial charge in [-0.25, -0.2) is 0 Å². The van der Waals surface area contributed by atoms with E-state index < -0.39 is 0 Å².